The molecule has 0 aliphatic carbocycles. The predicted molar refractivity (Wildman–Crippen MR) is 60.4 cm³/mol. The van der Waals surface area contributed by atoms with Crippen LogP contribution in [0.4, 0.5) is 5.69 Å². The van der Waals surface area contributed by atoms with Crippen molar-refractivity contribution < 1.29 is 24.3 Å². The Labute approximate surface area is 102 Å². The smallest absolute Gasteiger partial charge is 0.311 e. The Bertz CT molecular complexity index is 576. The van der Waals surface area contributed by atoms with Gasteiger partial charge in [0, 0.05) is 11.3 Å². The van der Waals surface area contributed by atoms with Gasteiger partial charge in [0.25, 0.3) is 0 Å². The molecule has 0 radical (unpaired) electrons. The SMILES string of the molecule is O=C(O)CC(=O)C(=O)c1ccc2c(c1)CC(=O)N2. The summed E-state index contributed by atoms with van der Waals surface area (Å²) < 4.78 is 0. The first-order valence-corrected chi connectivity index (χ1v) is 5.19. The third-order valence-corrected chi connectivity index (χ3v) is 2.56. The standard InChI is InChI=1S/C12H9NO5/c14-9(5-11(16)17)12(18)6-1-2-8-7(3-6)4-10(15)13-8/h1-3H,4-5H2,(H,13,15)(H,16,17). The highest BCUT2D eigenvalue weighted by Gasteiger charge is 2.23. The molecular weight excluding hydrogens is 238 g/mol. The molecule has 92 valence electrons. The normalized spacial score (nSPS) is 12.8. The lowest BCUT2D eigenvalue weighted by atomic mass is 10.0. The molecule has 1 aromatic carbocycles. The van der Waals surface area contributed by atoms with E-state index in [9.17, 15) is 19.2 Å². The van der Waals surface area contributed by atoms with E-state index in [4.69, 9.17) is 5.11 Å². The summed E-state index contributed by atoms with van der Waals surface area (Å²) in [5, 5.41) is 11.0. The van der Waals surface area contributed by atoms with Crippen LogP contribution in [0.15, 0.2) is 18.2 Å². The highest BCUT2D eigenvalue weighted by atomic mass is 16.4. The summed E-state index contributed by atoms with van der Waals surface area (Å²) in [5.74, 6) is -3.34. The topological polar surface area (TPSA) is 101 Å². The predicted octanol–water partition coefficient (Wildman–Crippen LogP) is 0.408. The van der Waals surface area contributed by atoms with Gasteiger partial charge in [-0.05, 0) is 23.8 Å². The maximum atomic E-state index is 11.6. The zero-order chi connectivity index (χ0) is 13.3. The number of ketones is 2. The molecule has 0 saturated carbocycles. The zero-order valence-electron chi connectivity index (χ0n) is 9.23. The number of Topliss-reactive ketones (excluding diaryl/α,β-unsaturated/α-hetero) is 2. The minimum atomic E-state index is -1.34. The van der Waals surface area contributed by atoms with Crippen molar-refractivity contribution in [3.63, 3.8) is 0 Å². The van der Waals surface area contributed by atoms with Crippen molar-refractivity contribution in [2.45, 2.75) is 12.8 Å². The summed E-state index contributed by atoms with van der Waals surface area (Å²) in [6.07, 6.45) is -0.670. The number of amides is 1. The van der Waals surface area contributed by atoms with E-state index in [1.54, 1.807) is 0 Å². The quantitative estimate of drug-likeness (QED) is 0.456. The van der Waals surface area contributed by atoms with E-state index in [0.717, 1.165) is 0 Å². The zero-order valence-corrected chi connectivity index (χ0v) is 9.23. The molecule has 1 amide bonds. The van der Waals surface area contributed by atoms with Crippen molar-refractivity contribution in [2.75, 3.05) is 5.32 Å². The van der Waals surface area contributed by atoms with Crippen molar-refractivity contribution in [3.8, 4) is 0 Å². The Morgan fingerprint density at radius 3 is 2.67 bits per heavy atom. The molecule has 0 atom stereocenters. The first kappa shape index (κ1) is 12.0. The maximum Gasteiger partial charge on any atom is 0.311 e. The molecule has 0 spiro atoms. The number of carbonyl (C=O) groups is 4. The Hall–Kier alpha value is -2.50. The number of hydrogen-bond donors (Lipinski definition) is 2. The maximum absolute atomic E-state index is 11.6. The Morgan fingerprint density at radius 2 is 2.00 bits per heavy atom. The number of carboxylic acids is 1. The van der Waals surface area contributed by atoms with Gasteiger partial charge in [-0.2, -0.15) is 0 Å². The van der Waals surface area contributed by atoms with Crippen LogP contribution in [0, 0.1) is 0 Å². The fourth-order valence-corrected chi connectivity index (χ4v) is 1.75. The molecule has 2 N–H and O–H groups in total. The van der Waals surface area contributed by atoms with Gasteiger partial charge in [-0.1, -0.05) is 0 Å². The van der Waals surface area contributed by atoms with Gasteiger partial charge in [-0.15, -0.1) is 0 Å². The fraction of sp³-hybridized carbons (Fsp3) is 0.167. The van der Waals surface area contributed by atoms with Gasteiger partial charge < -0.3 is 10.4 Å². The Kier molecular flexibility index (Phi) is 2.93. The lowest BCUT2D eigenvalue weighted by Gasteiger charge is -2.02. The van der Waals surface area contributed by atoms with Crippen LogP contribution < -0.4 is 5.32 Å². The number of fused-ring (bicyclic) bond motifs is 1. The van der Waals surface area contributed by atoms with E-state index in [-0.39, 0.29) is 17.9 Å². The molecule has 1 aliphatic rings. The third kappa shape index (κ3) is 2.27. The molecule has 6 nitrogen and oxygen atoms in total. The number of carbonyl (C=O) groups excluding carboxylic acids is 3. The van der Waals surface area contributed by atoms with Crippen molar-refractivity contribution in [2.24, 2.45) is 0 Å². The van der Waals surface area contributed by atoms with E-state index in [1.165, 1.54) is 18.2 Å². The van der Waals surface area contributed by atoms with Gasteiger partial charge in [0.15, 0.2) is 0 Å². The molecule has 0 unspecified atom stereocenters. The molecule has 1 aromatic rings. The second kappa shape index (κ2) is 4.40. The molecular formula is C12H9NO5. The molecule has 0 aromatic heterocycles. The van der Waals surface area contributed by atoms with Crippen LogP contribution in [0.2, 0.25) is 0 Å². The summed E-state index contributed by atoms with van der Waals surface area (Å²) in [6, 6.07) is 4.36. The second-order valence-corrected chi connectivity index (χ2v) is 3.92. The highest BCUT2D eigenvalue weighted by molar-refractivity contribution is 6.45. The average Bonchev–Trinajstić information content (AvgIpc) is 2.65. The van der Waals surface area contributed by atoms with Gasteiger partial charge in [0.05, 0.1) is 6.42 Å². The van der Waals surface area contributed by atoms with Crippen LogP contribution in [-0.4, -0.2) is 28.5 Å². The highest BCUT2D eigenvalue weighted by Crippen LogP contribution is 2.24. The van der Waals surface area contributed by atoms with Crippen molar-refractivity contribution >= 4 is 29.1 Å². The minimum absolute atomic E-state index is 0.108. The van der Waals surface area contributed by atoms with Crippen LogP contribution in [0.5, 0.6) is 0 Å². The van der Waals surface area contributed by atoms with Crippen LogP contribution >= 0.6 is 0 Å². The monoisotopic (exact) mass is 247 g/mol. The molecule has 18 heavy (non-hydrogen) atoms. The molecule has 0 fully saturated rings. The van der Waals surface area contributed by atoms with Crippen LogP contribution in [0.1, 0.15) is 22.3 Å². The van der Waals surface area contributed by atoms with Gasteiger partial charge in [0.1, 0.15) is 6.42 Å². The number of nitrogens with one attached hydrogen (secondary N) is 1. The number of aliphatic carboxylic acids is 1. The van der Waals surface area contributed by atoms with Gasteiger partial charge in [0.2, 0.25) is 17.5 Å². The van der Waals surface area contributed by atoms with Crippen molar-refractivity contribution in [3.05, 3.63) is 29.3 Å². The summed E-state index contributed by atoms with van der Waals surface area (Å²) in [5.41, 5.74) is 1.35. The number of carboxylic acid groups (broad SMARTS) is 1. The van der Waals surface area contributed by atoms with Gasteiger partial charge in [-0.25, -0.2) is 0 Å². The number of hydrogen-bond acceptors (Lipinski definition) is 4. The van der Waals surface area contributed by atoms with E-state index < -0.39 is 24.0 Å². The average molecular weight is 247 g/mol. The van der Waals surface area contributed by atoms with Crippen LogP contribution in [0.25, 0.3) is 0 Å². The van der Waals surface area contributed by atoms with E-state index >= 15 is 0 Å². The first-order valence-electron chi connectivity index (χ1n) is 5.19. The number of anilines is 1. The van der Waals surface area contributed by atoms with E-state index in [1.807, 2.05) is 0 Å². The van der Waals surface area contributed by atoms with Crippen molar-refractivity contribution in [1.29, 1.82) is 0 Å². The van der Waals surface area contributed by atoms with Gasteiger partial charge in [-0.3, -0.25) is 19.2 Å². The minimum Gasteiger partial charge on any atom is -0.481 e. The summed E-state index contributed by atoms with van der Waals surface area (Å²) in [4.78, 5) is 44.4. The van der Waals surface area contributed by atoms with E-state index in [0.29, 0.717) is 11.3 Å². The third-order valence-electron chi connectivity index (χ3n) is 2.56. The van der Waals surface area contributed by atoms with Crippen molar-refractivity contribution in [1.82, 2.24) is 0 Å². The lowest BCUT2D eigenvalue weighted by Crippen LogP contribution is -2.17. The molecule has 1 aliphatic heterocycles. The number of rotatable bonds is 4. The molecule has 6 heteroatoms. The largest absolute Gasteiger partial charge is 0.481 e. The van der Waals surface area contributed by atoms with Crippen LogP contribution in [-0.2, 0) is 20.8 Å². The fourth-order valence-electron chi connectivity index (χ4n) is 1.75. The lowest BCUT2D eigenvalue weighted by molar-refractivity contribution is -0.139. The Balaban J connectivity index is 2.23. The molecule has 0 bridgehead atoms. The Morgan fingerprint density at radius 1 is 1.28 bits per heavy atom. The molecule has 2 rings (SSSR count). The first-order chi connectivity index (χ1) is 8.47. The molecule has 0 saturated heterocycles. The second-order valence-electron chi connectivity index (χ2n) is 3.92. The molecule has 1 heterocycles. The van der Waals surface area contributed by atoms with E-state index in [2.05, 4.69) is 5.32 Å². The van der Waals surface area contributed by atoms with Crippen LogP contribution in [0.3, 0.4) is 0 Å². The summed E-state index contributed by atoms with van der Waals surface area (Å²) in [7, 11) is 0. The summed E-state index contributed by atoms with van der Waals surface area (Å²) >= 11 is 0. The summed E-state index contributed by atoms with van der Waals surface area (Å²) in [6.45, 7) is 0. The number of benzene rings is 1. The van der Waals surface area contributed by atoms with Gasteiger partial charge >= 0.3 is 5.97 Å².